The summed E-state index contributed by atoms with van der Waals surface area (Å²) in [5, 5.41) is 2.98. The predicted molar refractivity (Wildman–Crippen MR) is 33.6 cm³/mol. The van der Waals surface area contributed by atoms with Gasteiger partial charge in [0.15, 0.2) is 0 Å². The molecule has 0 saturated carbocycles. The van der Waals surface area contributed by atoms with Crippen LogP contribution >= 0.6 is 12.0 Å². The summed E-state index contributed by atoms with van der Waals surface area (Å²) in [4.78, 5) is 0. The zero-order chi connectivity index (χ0) is 5.54. The largest absolute Gasteiger partial charge is 0.330 e. The smallest absolute Gasteiger partial charge is 0.0207 e. The first-order valence-electron chi connectivity index (χ1n) is 2.32. The molecule has 0 atom stereocenters. The maximum atomic E-state index is 8.18. The predicted octanol–water partition coefficient (Wildman–Crippen LogP) is 0.802. The average molecular weight is 121 g/mol. The van der Waals surface area contributed by atoms with Crippen LogP contribution < -0.4 is 5.32 Å². The highest BCUT2D eigenvalue weighted by Crippen LogP contribution is 1.91. The van der Waals surface area contributed by atoms with E-state index in [1.807, 2.05) is 7.05 Å². The van der Waals surface area contributed by atoms with Gasteiger partial charge in [0, 0.05) is 5.75 Å². The molecule has 0 amide bonds. The van der Waals surface area contributed by atoms with E-state index in [0.717, 1.165) is 30.8 Å². The first-order valence-corrected chi connectivity index (χ1v) is 3.27. The average Bonchev–Trinajstić information content (AvgIpc) is 1.69. The van der Waals surface area contributed by atoms with E-state index in [1.54, 1.807) is 0 Å². The van der Waals surface area contributed by atoms with Crippen molar-refractivity contribution in [1.82, 2.24) is 5.32 Å². The highest BCUT2D eigenvalue weighted by molar-refractivity contribution is 7.93. The third kappa shape index (κ3) is 6.27. The lowest BCUT2D eigenvalue weighted by molar-refractivity contribution is 0.657. The minimum absolute atomic E-state index is 0.834. The zero-order valence-corrected chi connectivity index (χ0v) is 5.29. The van der Waals surface area contributed by atoms with Gasteiger partial charge in [-0.1, -0.05) is 0 Å². The second-order valence-corrected chi connectivity index (χ2v) is 1.96. The van der Waals surface area contributed by atoms with Crippen LogP contribution in [0.5, 0.6) is 0 Å². The molecule has 0 spiro atoms. The maximum Gasteiger partial charge on any atom is 0.0207 e. The molecule has 0 aromatic rings. The van der Waals surface area contributed by atoms with Gasteiger partial charge in [0.2, 0.25) is 0 Å². The van der Waals surface area contributed by atoms with Crippen LogP contribution in [0.25, 0.3) is 0 Å². The topological polar surface area (TPSA) is 32.3 Å². The van der Waals surface area contributed by atoms with Crippen LogP contribution in [0.1, 0.15) is 6.42 Å². The molecular formula is C4H11NOS. The summed E-state index contributed by atoms with van der Waals surface area (Å²) in [5.41, 5.74) is 0. The number of rotatable bonds is 4. The third-order valence-electron chi connectivity index (χ3n) is 0.662. The highest BCUT2D eigenvalue weighted by atomic mass is 32.2. The van der Waals surface area contributed by atoms with E-state index >= 15 is 0 Å². The van der Waals surface area contributed by atoms with Gasteiger partial charge >= 0.3 is 0 Å². The van der Waals surface area contributed by atoms with Crippen molar-refractivity contribution in [3.8, 4) is 0 Å². The second-order valence-electron chi connectivity index (χ2n) is 1.29. The number of nitrogens with one attached hydrogen (secondary N) is 1. The van der Waals surface area contributed by atoms with E-state index < -0.39 is 0 Å². The lowest BCUT2D eigenvalue weighted by Gasteiger charge is -1.92. The van der Waals surface area contributed by atoms with Crippen LogP contribution in [-0.2, 0) is 0 Å². The molecule has 0 saturated heterocycles. The Balaban J connectivity index is 2.45. The van der Waals surface area contributed by atoms with Gasteiger partial charge in [-0.15, -0.1) is 0 Å². The standard InChI is InChI=1S/C4H11NOS/c1-5-3-2-4-7-6/h5-6H,2-4H2,1H3. The van der Waals surface area contributed by atoms with Crippen LogP contribution in [0.3, 0.4) is 0 Å². The highest BCUT2D eigenvalue weighted by Gasteiger charge is 1.80. The fourth-order valence-corrected chi connectivity index (χ4v) is 0.587. The van der Waals surface area contributed by atoms with Gasteiger partial charge < -0.3 is 9.87 Å². The van der Waals surface area contributed by atoms with Crippen molar-refractivity contribution in [3.63, 3.8) is 0 Å². The quantitative estimate of drug-likeness (QED) is 0.426. The SMILES string of the molecule is CNCCCSO. The van der Waals surface area contributed by atoms with Gasteiger partial charge in [-0.3, -0.25) is 0 Å². The molecule has 2 nitrogen and oxygen atoms in total. The minimum Gasteiger partial charge on any atom is -0.330 e. The molecule has 7 heavy (non-hydrogen) atoms. The van der Waals surface area contributed by atoms with E-state index in [9.17, 15) is 0 Å². The Labute approximate surface area is 48.5 Å². The van der Waals surface area contributed by atoms with Crippen molar-refractivity contribution >= 4 is 12.0 Å². The normalized spacial score (nSPS) is 9.43. The van der Waals surface area contributed by atoms with Crippen LogP contribution in [0.15, 0.2) is 0 Å². The number of hydrogen-bond donors (Lipinski definition) is 2. The van der Waals surface area contributed by atoms with Gasteiger partial charge in [0.1, 0.15) is 0 Å². The summed E-state index contributed by atoms with van der Waals surface area (Å²) in [6.45, 7) is 0.994. The van der Waals surface area contributed by atoms with Crippen molar-refractivity contribution < 1.29 is 4.55 Å². The fourth-order valence-electron chi connectivity index (χ4n) is 0.313. The fraction of sp³-hybridized carbons (Fsp3) is 1.00. The van der Waals surface area contributed by atoms with Crippen LogP contribution in [-0.4, -0.2) is 23.9 Å². The summed E-state index contributed by atoms with van der Waals surface area (Å²) in [6, 6.07) is 0. The Morgan fingerprint density at radius 1 is 1.71 bits per heavy atom. The van der Waals surface area contributed by atoms with E-state index in [0.29, 0.717) is 0 Å². The summed E-state index contributed by atoms with van der Waals surface area (Å²) in [7, 11) is 1.90. The Bertz CT molecular complexity index is 30.9. The van der Waals surface area contributed by atoms with Crippen molar-refractivity contribution in [3.05, 3.63) is 0 Å². The van der Waals surface area contributed by atoms with E-state index in [4.69, 9.17) is 4.55 Å². The molecule has 0 aromatic carbocycles. The van der Waals surface area contributed by atoms with E-state index in [-0.39, 0.29) is 0 Å². The van der Waals surface area contributed by atoms with E-state index in [1.165, 1.54) is 0 Å². The van der Waals surface area contributed by atoms with Gasteiger partial charge in [-0.2, -0.15) is 0 Å². The summed E-state index contributed by atoms with van der Waals surface area (Å²) in [5.74, 6) is 0.834. The van der Waals surface area contributed by atoms with Crippen LogP contribution in [0.2, 0.25) is 0 Å². The molecule has 0 fully saturated rings. The van der Waals surface area contributed by atoms with E-state index in [2.05, 4.69) is 5.32 Å². The molecule has 0 radical (unpaired) electrons. The lowest BCUT2D eigenvalue weighted by atomic mass is 10.5. The molecule has 0 aliphatic carbocycles. The van der Waals surface area contributed by atoms with Crippen molar-refractivity contribution in [2.75, 3.05) is 19.3 Å². The third-order valence-corrected chi connectivity index (χ3v) is 1.13. The number of hydrogen-bond acceptors (Lipinski definition) is 3. The van der Waals surface area contributed by atoms with Gasteiger partial charge in [0.05, 0.1) is 0 Å². The van der Waals surface area contributed by atoms with Crippen molar-refractivity contribution in [1.29, 1.82) is 0 Å². The summed E-state index contributed by atoms with van der Waals surface area (Å²) >= 11 is 0.902. The molecule has 0 rings (SSSR count). The summed E-state index contributed by atoms with van der Waals surface area (Å²) in [6.07, 6.45) is 1.04. The molecule has 0 heterocycles. The molecule has 44 valence electrons. The molecule has 0 aliphatic rings. The minimum atomic E-state index is 0.834. The Kier molecular flexibility index (Phi) is 6.51. The first kappa shape index (κ1) is 7.27. The molecule has 2 N–H and O–H groups in total. The van der Waals surface area contributed by atoms with Crippen LogP contribution in [0, 0.1) is 0 Å². The second kappa shape index (κ2) is 6.27. The molecule has 0 bridgehead atoms. The molecular weight excluding hydrogens is 110 g/mol. The molecule has 0 aromatic heterocycles. The first-order chi connectivity index (χ1) is 3.41. The summed E-state index contributed by atoms with van der Waals surface area (Å²) < 4.78 is 8.18. The van der Waals surface area contributed by atoms with Gasteiger partial charge in [-0.05, 0) is 32.1 Å². The zero-order valence-electron chi connectivity index (χ0n) is 4.48. The maximum absolute atomic E-state index is 8.18. The van der Waals surface area contributed by atoms with Gasteiger partial charge in [0.25, 0.3) is 0 Å². The van der Waals surface area contributed by atoms with Crippen molar-refractivity contribution in [2.45, 2.75) is 6.42 Å². The molecule has 0 unspecified atom stereocenters. The van der Waals surface area contributed by atoms with Gasteiger partial charge in [-0.25, -0.2) is 0 Å². The van der Waals surface area contributed by atoms with Crippen LogP contribution in [0.4, 0.5) is 0 Å². The lowest BCUT2D eigenvalue weighted by Crippen LogP contribution is -2.07. The monoisotopic (exact) mass is 121 g/mol. The molecule has 0 aliphatic heterocycles. The Morgan fingerprint density at radius 3 is 2.86 bits per heavy atom. The molecule has 3 heteroatoms. The Morgan fingerprint density at radius 2 is 2.43 bits per heavy atom. The Hall–Kier alpha value is 0.270. The van der Waals surface area contributed by atoms with Crippen molar-refractivity contribution in [2.24, 2.45) is 0 Å².